The van der Waals surface area contributed by atoms with Gasteiger partial charge in [0.1, 0.15) is 5.56 Å². The number of hydrogen-bond donors (Lipinski definition) is 2. The van der Waals surface area contributed by atoms with Crippen LogP contribution in [-0.4, -0.2) is 44.2 Å². The molecular weight excluding hydrogens is 334 g/mol. The highest BCUT2D eigenvalue weighted by Gasteiger charge is 2.33. The Labute approximate surface area is 147 Å². The number of rotatable bonds is 6. The van der Waals surface area contributed by atoms with Gasteiger partial charge in [-0.25, -0.2) is 0 Å². The quantitative estimate of drug-likeness (QED) is 0.600. The van der Waals surface area contributed by atoms with Crippen LogP contribution >= 0.6 is 12.4 Å². The average Bonchev–Trinajstić information content (AvgIpc) is 2.53. The van der Waals surface area contributed by atoms with E-state index in [2.05, 4.69) is 10.6 Å². The molecule has 1 aromatic carbocycles. The highest BCUT2D eigenvalue weighted by Crippen LogP contribution is 2.29. The first-order valence-electron chi connectivity index (χ1n) is 7.71. The van der Waals surface area contributed by atoms with E-state index in [0.29, 0.717) is 18.7 Å². The highest BCUT2D eigenvalue weighted by molar-refractivity contribution is 5.98. The van der Waals surface area contributed by atoms with E-state index in [1.807, 2.05) is 0 Å². The molecule has 0 atom stereocenters. The van der Waals surface area contributed by atoms with Crippen molar-refractivity contribution in [2.75, 3.05) is 33.4 Å². The third-order valence-corrected chi connectivity index (χ3v) is 4.40. The molecule has 1 saturated heterocycles. The SMILES string of the molecule is COCC1(CNC(=O)c2cccc(C)c2[N+](=O)[O-])CCNCC1.Cl. The molecule has 0 aromatic heterocycles. The number of nitro benzene ring substituents is 1. The minimum absolute atomic E-state index is 0. The number of nitrogens with zero attached hydrogens (tertiary/aromatic N) is 1. The lowest BCUT2D eigenvalue weighted by molar-refractivity contribution is -0.385. The summed E-state index contributed by atoms with van der Waals surface area (Å²) >= 11 is 0. The van der Waals surface area contributed by atoms with E-state index in [0.717, 1.165) is 25.9 Å². The summed E-state index contributed by atoms with van der Waals surface area (Å²) < 4.78 is 5.32. The third-order valence-electron chi connectivity index (χ3n) is 4.40. The number of halogens is 1. The van der Waals surface area contributed by atoms with Crippen molar-refractivity contribution in [1.82, 2.24) is 10.6 Å². The number of nitrogens with one attached hydrogen (secondary N) is 2. The Hall–Kier alpha value is -1.70. The molecule has 1 aliphatic heterocycles. The Morgan fingerprint density at radius 1 is 1.42 bits per heavy atom. The van der Waals surface area contributed by atoms with Crippen LogP contribution in [0.25, 0.3) is 0 Å². The molecule has 1 amide bonds. The van der Waals surface area contributed by atoms with Crippen LogP contribution in [0.1, 0.15) is 28.8 Å². The number of ether oxygens (including phenoxy) is 1. The van der Waals surface area contributed by atoms with Crippen molar-refractivity contribution < 1.29 is 14.5 Å². The number of carbonyl (C=O) groups excluding carboxylic acids is 1. The summed E-state index contributed by atoms with van der Waals surface area (Å²) in [5.74, 6) is -0.408. The number of aryl methyl sites for hydroxylation is 1. The molecule has 7 nitrogen and oxygen atoms in total. The van der Waals surface area contributed by atoms with Crippen molar-refractivity contribution in [3.63, 3.8) is 0 Å². The molecule has 1 fully saturated rings. The van der Waals surface area contributed by atoms with E-state index in [4.69, 9.17) is 4.74 Å². The van der Waals surface area contributed by atoms with Crippen LogP contribution in [0, 0.1) is 22.5 Å². The summed E-state index contributed by atoms with van der Waals surface area (Å²) in [6.07, 6.45) is 1.80. The molecule has 0 unspecified atom stereocenters. The van der Waals surface area contributed by atoms with E-state index in [-0.39, 0.29) is 29.1 Å². The van der Waals surface area contributed by atoms with Gasteiger partial charge >= 0.3 is 0 Å². The molecule has 1 aromatic rings. The van der Waals surface area contributed by atoms with Crippen LogP contribution in [0.5, 0.6) is 0 Å². The largest absolute Gasteiger partial charge is 0.384 e. The molecule has 2 rings (SSSR count). The number of hydrogen-bond acceptors (Lipinski definition) is 5. The lowest BCUT2D eigenvalue weighted by Crippen LogP contribution is -2.47. The number of piperidine rings is 1. The molecule has 8 heteroatoms. The zero-order valence-electron chi connectivity index (χ0n) is 14.0. The number of benzene rings is 1. The molecule has 0 aliphatic carbocycles. The van der Waals surface area contributed by atoms with Crippen LogP contribution in [0.4, 0.5) is 5.69 Å². The number of carbonyl (C=O) groups is 1. The first-order valence-corrected chi connectivity index (χ1v) is 7.71. The van der Waals surface area contributed by atoms with Crippen molar-refractivity contribution in [3.8, 4) is 0 Å². The monoisotopic (exact) mass is 357 g/mol. The van der Waals surface area contributed by atoms with Crippen LogP contribution in [-0.2, 0) is 4.74 Å². The second-order valence-electron chi connectivity index (χ2n) is 6.09. The molecule has 1 aliphatic rings. The predicted octanol–water partition coefficient (Wildman–Crippen LogP) is 2.07. The van der Waals surface area contributed by atoms with E-state index < -0.39 is 10.8 Å². The first-order chi connectivity index (χ1) is 11.0. The number of amides is 1. The summed E-state index contributed by atoms with van der Waals surface area (Å²) in [7, 11) is 1.65. The van der Waals surface area contributed by atoms with Crippen LogP contribution in [0.15, 0.2) is 18.2 Å². The molecule has 0 saturated carbocycles. The second-order valence-corrected chi connectivity index (χ2v) is 6.09. The smallest absolute Gasteiger partial charge is 0.285 e. The fourth-order valence-corrected chi connectivity index (χ4v) is 3.08. The Balaban J connectivity index is 0.00000288. The van der Waals surface area contributed by atoms with Gasteiger partial charge in [-0.2, -0.15) is 0 Å². The van der Waals surface area contributed by atoms with E-state index in [1.165, 1.54) is 6.07 Å². The molecule has 24 heavy (non-hydrogen) atoms. The van der Waals surface area contributed by atoms with Crippen molar-refractivity contribution in [2.24, 2.45) is 5.41 Å². The van der Waals surface area contributed by atoms with Gasteiger partial charge < -0.3 is 15.4 Å². The van der Waals surface area contributed by atoms with Gasteiger partial charge in [-0.1, -0.05) is 12.1 Å². The van der Waals surface area contributed by atoms with Gasteiger partial charge in [0.15, 0.2) is 0 Å². The molecule has 1 heterocycles. The van der Waals surface area contributed by atoms with Gasteiger partial charge in [0.2, 0.25) is 0 Å². The minimum Gasteiger partial charge on any atom is -0.384 e. The number of nitro groups is 1. The standard InChI is InChI=1S/C16H23N3O4.ClH/c1-12-4-3-5-13(14(12)19(21)22)15(20)18-10-16(11-23-2)6-8-17-9-7-16;/h3-5,17H,6-11H2,1-2H3,(H,18,20);1H. The van der Waals surface area contributed by atoms with Crippen LogP contribution in [0.3, 0.4) is 0 Å². The topological polar surface area (TPSA) is 93.5 Å². The fraction of sp³-hybridized carbons (Fsp3) is 0.562. The van der Waals surface area contributed by atoms with Crippen molar-refractivity contribution >= 4 is 24.0 Å². The van der Waals surface area contributed by atoms with Crippen molar-refractivity contribution in [2.45, 2.75) is 19.8 Å². The highest BCUT2D eigenvalue weighted by atomic mass is 35.5. The Kier molecular flexibility index (Phi) is 7.59. The van der Waals surface area contributed by atoms with Gasteiger partial charge in [-0.05, 0) is 38.9 Å². The van der Waals surface area contributed by atoms with Crippen LogP contribution in [0.2, 0.25) is 0 Å². The summed E-state index contributed by atoms with van der Waals surface area (Å²) in [6.45, 7) is 4.40. The van der Waals surface area contributed by atoms with Gasteiger partial charge in [0, 0.05) is 24.6 Å². The Bertz CT molecular complexity index is 583. The molecule has 134 valence electrons. The normalized spacial score (nSPS) is 16.1. The zero-order chi connectivity index (χ0) is 16.9. The molecular formula is C16H24ClN3O4. The Morgan fingerprint density at radius 3 is 2.67 bits per heavy atom. The molecule has 0 spiro atoms. The maximum Gasteiger partial charge on any atom is 0.285 e. The lowest BCUT2D eigenvalue weighted by atomic mass is 9.79. The van der Waals surface area contributed by atoms with Gasteiger partial charge in [-0.15, -0.1) is 12.4 Å². The number of methoxy groups -OCH3 is 1. The first kappa shape index (κ1) is 20.3. The molecule has 0 bridgehead atoms. The maximum absolute atomic E-state index is 12.4. The van der Waals surface area contributed by atoms with E-state index >= 15 is 0 Å². The third kappa shape index (κ3) is 4.66. The predicted molar refractivity (Wildman–Crippen MR) is 93.8 cm³/mol. The van der Waals surface area contributed by atoms with Crippen molar-refractivity contribution in [1.29, 1.82) is 0 Å². The molecule has 0 radical (unpaired) electrons. The van der Waals surface area contributed by atoms with Gasteiger partial charge in [0.05, 0.1) is 11.5 Å². The summed E-state index contributed by atoms with van der Waals surface area (Å²) in [6, 6.07) is 4.78. The summed E-state index contributed by atoms with van der Waals surface area (Å²) in [5, 5.41) is 17.4. The second kappa shape index (κ2) is 8.96. The van der Waals surface area contributed by atoms with Gasteiger partial charge in [0.25, 0.3) is 11.6 Å². The fourth-order valence-electron chi connectivity index (χ4n) is 3.08. The van der Waals surface area contributed by atoms with E-state index in [9.17, 15) is 14.9 Å². The Morgan fingerprint density at radius 2 is 2.08 bits per heavy atom. The average molecular weight is 358 g/mol. The maximum atomic E-state index is 12.4. The minimum atomic E-state index is -0.500. The lowest BCUT2D eigenvalue weighted by Gasteiger charge is -2.37. The summed E-state index contributed by atoms with van der Waals surface area (Å²) in [5.41, 5.74) is 0.345. The van der Waals surface area contributed by atoms with E-state index in [1.54, 1.807) is 26.2 Å². The number of para-hydroxylation sites is 1. The summed E-state index contributed by atoms with van der Waals surface area (Å²) in [4.78, 5) is 23.2. The molecule has 2 N–H and O–H groups in total. The van der Waals surface area contributed by atoms with Crippen molar-refractivity contribution in [3.05, 3.63) is 39.4 Å². The zero-order valence-corrected chi connectivity index (χ0v) is 14.8. The van der Waals surface area contributed by atoms with Gasteiger partial charge in [-0.3, -0.25) is 14.9 Å². The van der Waals surface area contributed by atoms with Crippen LogP contribution < -0.4 is 10.6 Å².